The molecular formula is C14H15ClN2O3S. The van der Waals surface area contributed by atoms with Gasteiger partial charge in [-0.05, 0) is 36.8 Å². The van der Waals surface area contributed by atoms with Gasteiger partial charge in [-0.1, -0.05) is 23.7 Å². The predicted molar refractivity (Wildman–Crippen MR) is 81.0 cm³/mol. The fourth-order valence-electron chi connectivity index (χ4n) is 1.83. The number of ether oxygens (including phenoxy) is 1. The summed E-state index contributed by atoms with van der Waals surface area (Å²) < 4.78 is 32.2. The lowest BCUT2D eigenvalue weighted by atomic mass is 10.1. The summed E-state index contributed by atoms with van der Waals surface area (Å²) in [5.41, 5.74) is 0.819. The van der Waals surface area contributed by atoms with Crippen molar-refractivity contribution in [3.8, 4) is 5.75 Å². The van der Waals surface area contributed by atoms with Crippen LogP contribution in [-0.4, -0.2) is 20.5 Å². The van der Waals surface area contributed by atoms with Gasteiger partial charge in [-0.3, -0.25) is 0 Å². The molecule has 21 heavy (non-hydrogen) atoms. The molecule has 0 saturated carbocycles. The van der Waals surface area contributed by atoms with Crippen LogP contribution in [0.5, 0.6) is 5.75 Å². The molecule has 7 heteroatoms. The van der Waals surface area contributed by atoms with E-state index < -0.39 is 16.1 Å². The van der Waals surface area contributed by atoms with Crippen LogP contribution in [0, 0.1) is 0 Å². The highest BCUT2D eigenvalue weighted by molar-refractivity contribution is 7.89. The molecule has 0 saturated heterocycles. The van der Waals surface area contributed by atoms with Crippen molar-refractivity contribution in [1.82, 2.24) is 9.71 Å². The van der Waals surface area contributed by atoms with Crippen molar-refractivity contribution in [2.45, 2.75) is 17.9 Å². The Kier molecular flexibility index (Phi) is 4.82. The van der Waals surface area contributed by atoms with Crippen molar-refractivity contribution in [3.05, 3.63) is 53.3 Å². The number of hydrogen-bond acceptors (Lipinski definition) is 4. The first-order valence-corrected chi connectivity index (χ1v) is 8.07. The topological polar surface area (TPSA) is 68.3 Å². The first kappa shape index (κ1) is 15.8. The number of hydrogen-bond donors (Lipinski definition) is 1. The van der Waals surface area contributed by atoms with E-state index in [0.717, 1.165) is 5.56 Å². The second kappa shape index (κ2) is 6.43. The van der Waals surface area contributed by atoms with Crippen molar-refractivity contribution >= 4 is 21.6 Å². The number of nitrogens with one attached hydrogen (secondary N) is 1. The van der Waals surface area contributed by atoms with E-state index in [0.29, 0.717) is 5.75 Å². The molecule has 0 amide bonds. The Morgan fingerprint density at radius 3 is 2.48 bits per heavy atom. The minimum atomic E-state index is -3.73. The van der Waals surface area contributed by atoms with E-state index >= 15 is 0 Å². The van der Waals surface area contributed by atoms with E-state index in [-0.39, 0.29) is 10.0 Å². The Bertz CT molecular complexity index is 717. The second-order valence-electron chi connectivity index (χ2n) is 4.41. The van der Waals surface area contributed by atoms with Gasteiger partial charge >= 0.3 is 0 Å². The van der Waals surface area contributed by atoms with Gasteiger partial charge in [-0.2, -0.15) is 0 Å². The average molecular weight is 327 g/mol. The zero-order chi connectivity index (χ0) is 15.5. The molecule has 1 N–H and O–H groups in total. The zero-order valence-corrected chi connectivity index (χ0v) is 13.1. The summed E-state index contributed by atoms with van der Waals surface area (Å²) >= 11 is 5.83. The average Bonchev–Trinajstić information content (AvgIpc) is 2.47. The molecule has 112 valence electrons. The van der Waals surface area contributed by atoms with Gasteiger partial charge in [0.05, 0.1) is 7.11 Å². The van der Waals surface area contributed by atoms with Crippen LogP contribution in [0.3, 0.4) is 0 Å². The summed E-state index contributed by atoms with van der Waals surface area (Å²) in [7, 11) is -2.15. The molecule has 2 rings (SSSR count). The number of nitrogens with zero attached hydrogens (tertiary/aromatic N) is 1. The SMILES string of the molecule is COc1ccc(C(C)NS(=O)(=O)c2cccnc2Cl)cc1. The van der Waals surface area contributed by atoms with Crippen LogP contribution >= 0.6 is 11.6 Å². The summed E-state index contributed by atoms with van der Waals surface area (Å²) in [4.78, 5) is 3.74. The van der Waals surface area contributed by atoms with Crippen molar-refractivity contribution in [3.63, 3.8) is 0 Å². The third kappa shape index (κ3) is 3.72. The van der Waals surface area contributed by atoms with Gasteiger partial charge in [0.2, 0.25) is 10.0 Å². The van der Waals surface area contributed by atoms with E-state index in [1.54, 1.807) is 38.3 Å². The highest BCUT2D eigenvalue weighted by Gasteiger charge is 2.21. The standard InChI is InChI=1S/C14H15ClN2O3S/c1-10(11-5-7-12(20-2)8-6-11)17-21(18,19)13-4-3-9-16-14(13)15/h3-10,17H,1-2H3. The van der Waals surface area contributed by atoms with E-state index in [2.05, 4.69) is 9.71 Å². The van der Waals surface area contributed by atoms with Gasteiger partial charge in [0.15, 0.2) is 0 Å². The molecule has 0 aliphatic carbocycles. The highest BCUT2D eigenvalue weighted by Crippen LogP contribution is 2.22. The van der Waals surface area contributed by atoms with Gasteiger partial charge in [0.25, 0.3) is 0 Å². The largest absolute Gasteiger partial charge is 0.497 e. The molecule has 0 bridgehead atoms. The Morgan fingerprint density at radius 2 is 1.90 bits per heavy atom. The number of rotatable bonds is 5. The van der Waals surface area contributed by atoms with Crippen molar-refractivity contribution in [2.75, 3.05) is 7.11 Å². The minimum Gasteiger partial charge on any atom is -0.497 e. The van der Waals surface area contributed by atoms with Gasteiger partial charge in [-0.25, -0.2) is 18.1 Å². The maximum atomic E-state index is 12.3. The molecule has 0 aliphatic rings. The summed E-state index contributed by atoms with van der Waals surface area (Å²) in [6, 6.07) is 9.69. The highest BCUT2D eigenvalue weighted by atomic mass is 35.5. The minimum absolute atomic E-state index is 0.0352. The first-order chi connectivity index (χ1) is 9.94. The maximum absolute atomic E-state index is 12.3. The normalized spacial score (nSPS) is 12.9. The molecule has 1 atom stereocenters. The third-order valence-electron chi connectivity index (χ3n) is 2.96. The summed E-state index contributed by atoms with van der Waals surface area (Å²) in [6.45, 7) is 1.75. The lowest BCUT2D eigenvalue weighted by Crippen LogP contribution is -2.27. The van der Waals surface area contributed by atoms with Crippen LogP contribution in [0.25, 0.3) is 0 Å². The summed E-state index contributed by atoms with van der Waals surface area (Å²) in [5.74, 6) is 0.712. The van der Waals surface area contributed by atoms with Crippen LogP contribution < -0.4 is 9.46 Å². The van der Waals surface area contributed by atoms with Crippen molar-refractivity contribution in [2.24, 2.45) is 0 Å². The quantitative estimate of drug-likeness (QED) is 0.858. The monoisotopic (exact) mass is 326 g/mol. The van der Waals surface area contributed by atoms with Crippen LogP contribution in [0.15, 0.2) is 47.5 Å². The lowest BCUT2D eigenvalue weighted by molar-refractivity contribution is 0.414. The van der Waals surface area contributed by atoms with Gasteiger partial charge in [0, 0.05) is 12.2 Å². The summed E-state index contributed by atoms with van der Waals surface area (Å²) in [5, 5.41) is -0.0491. The van der Waals surface area contributed by atoms with E-state index in [1.165, 1.54) is 18.3 Å². The van der Waals surface area contributed by atoms with E-state index in [9.17, 15) is 8.42 Å². The molecule has 0 fully saturated rings. The number of benzene rings is 1. The summed E-state index contributed by atoms with van der Waals surface area (Å²) in [6.07, 6.45) is 1.44. The maximum Gasteiger partial charge on any atom is 0.244 e. The molecule has 1 aromatic carbocycles. The zero-order valence-electron chi connectivity index (χ0n) is 11.6. The molecular weight excluding hydrogens is 312 g/mol. The van der Waals surface area contributed by atoms with Crippen LogP contribution in [-0.2, 0) is 10.0 Å². The Hall–Kier alpha value is -1.63. The molecule has 0 radical (unpaired) electrons. The van der Waals surface area contributed by atoms with Gasteiger partial charge in [-0.15, -0.1) is 0 Å². The molecule has 0 spiro atoms. The lowest BCUT2D eigenvalue weighted by Gasteiger charge is -2.15. The molecule has 1 unspecified atom stereocenters. The van der Waals surface area contributed by atoms with E-state index in [1.807, 2.05) is 0 Å². The van der Waals surface area contributed by atoms with Crippen LogP contribution in [0.2, 0.25) is 5.15 Å². The number of sulfonamides is 1. The number of halogens is 1. The Labute approximate surface area is 129 Å². The third-order valence-corrected chi connectivity index (χ3v) is 4.95. The second-order valence-corrected chi connectivity index (χ2v) is 6.45. The molecule has 5 nitrogen and oxygen atoms in total. The van der Waals surface area contributed by atoms with E-state index in [4.69, 9.17) is 16.3 Å². The van der Waals surface area contributed by atoms with Crippen molar-refractivity contribution < 1.29 is 13.2 Å². The molecule has 1 aromatic heterocycles. The Balaban J connectivity index is 2.21. The van der Waals surface area contributed by atoms with Crippen LogP contribution in [0.4, 0.5) is 0 Å². The number of aromatic nitrogens is 1. The van der Waals surface area contributed by atoms with Crippen molar-refractivity contribution in [1.29, 1.82) is 0 Å². The first-order valence-electron chi connectivity index (χ1n) is 6.21. The fraction of sp³-hybridized carbons (Fsp3) is 0.214. The number of methoxy groups -OCH3 is 1. The van der Waals surface area contributed by atoms with Gasteiger partial charge in [0.1, 0.15) is 15.8 Å². The smallest absolute Gasteiger partial charge is 0.244 e. The molecule has 1 heterocycles. The Morgan fingerprint density at radius 1 is 1.24 bits per heavy atom. The number of pyridine rings is 1. The predicted octanol–water partition coefficient (Wildman–Crippen LogP) is 2.78. The molecule has 2 aromatic rings. The van der Waals surface area contributed by atoms with Crippen LogP contribution in [0.1, 0.15) is 18.5 Å². The van der Waals surface area contributed by atoms with Gasteiger partial charge < -0.3 is 4.74 Å². The molecule has 0 aliphatic heterocycles. The fourth-order valence-corrected chi connectivity index (χ4v) is 3.51.